The van der Waals surface area contributed by atoms with Gasteiger partial charge >= 0.3 is 5.97 Å². The zero-order valence-electron chi connectivity index (χ0n) is 12.5. The van der Waals surface area contributed by atoms with Gasteiger partial charge in [0.1, 0.15) is 9.84 Å². The van der Waals surface area contributed by atoms with Gasteiger partial charge in [-0.25, -0.2) is 8.42 Å². The monoisotopic (exact) mass is 310 g/mol. The maximum Gasteiger partial charge on any atom is 0.306 e. The van der Waals surface area contributed by atoms with E-state index in [-0.39, 0.29) is 23.3 Å². The predicted molar refractivity (Wildman–Crippen MR) is 82.1 cm³/mol. The van der Waals surface area contributed by atoms with Crippen LogP contribution in [0.1, 0.15) is 36.8 Å². The van der Waals surface area contributed by atoms with Crippen molar-refractivity contribution in [3.8, 4) is 0 Å². The van der Waals surface area contributed by atoms with Crippen molar-refractivity contribution in [3.63, 3.8) is 0 Å². The van der Waals surface area contributed by atoms with E-state index in [0.717, 1.165) is 11.1 Å². The van der Waals surface area contributed by atoms with Crippen LogP contribution in [-0.4, -0.2) is 31.0 Å². The van der Waals surface area contributed by atoms with Crippen molar-refractivity contribution >= 4 is 15.8 Å². The summed E-state index contributed by atoms with van der Waals surface area (Å²) >= 11 is 0. The number of carboxylic acids is 1. The molecular formula is C16H22O4S. The molecule has 0 spiro atoms. The third kappa shape index (κ3) is 3.84. The summed E-state index contributed by atoms with van der Waals surface area (Å²) in [4.78, 5) is 11.4. The molecule has 1 aromatic carbocycles. The van der Waals surface area contributed by atoms with Crippen molar-refractivity contribution in [2.24, 2.45) is 11.8 Å². The molecule has 0 aliphatic carbocycles. The van der Waals surface area contributed by atoms with E-state index in [1.54, 1.807) is 6.92 Å². The van der Waals surface area contributed by atoms with Crippen LogP contribution in [0.3, 0.4) is 0 Å². The van der Waals surface area contributed by atoms with E-state index in [2.05, 4.69) is 0 Å². The van der Waals surface area contributed by atoms with Gasteiger partial charge in [-0.15, -0.1) is 0 Å². The van der Waals surface area contributed by atoms with E-state index in [9.17, 15) is 18.3 Å². The second-order valence-corrected chi connectivity index (χ2v) is 8.36. The van der Waals surface area contributed by atoms with Crippen LogP contribution >= 0.6 is 0 Å². The quantitative estimate of drug-likeness (QED) is 0.928. The Morgan fingerprint density at radius 1 is 1.19 bits per heavy atom. The first-order chi connectivity index (χ1) is 9.80. The third-order valence-corrected chi connectivity index (χ3v) is 6.21. The minimum Gasteiger partial charge on any atom is -0.481 e. The number of sulfone groups is 1. The lowest BCUT2D eigenvalue weighted by molar-refractivity contribution is -0.142. The zero-order valence-corrected chi connectivity index (χ0v) is 13.3. The Balaban J connectivity index is 2.28. The molecule has 1 aliphatic rings. The van der Waals surface area contributed by atoms with E-state index in [0.29, 0.717) is 12.8 Å². The minimum absolute atomic E-state index is 0.113. The molecule has 1 heterocycles. The number of aliphatic carboxylic acids is 1. The van der Waals surface area contributed by atoms with Crippen LogP contribution in [0, 0.1) is 18.8 Å². The number of aryl methyl sites for hydroxylation is 1. The normalized spacial score (nSPS) is 21.6. The summed E-state index contributed by atoms with van der Waals surface area (Å²) in [6, 6.07) is 7.91. The van der Waals surface area contributed by atoms with Crippen molar-refractivity contribution < 1.29 is 18.3 Å². The standard InChI is InChI=1S/C16H22O4S/c1-11-3-5-13(6-4-11)15(12(2)16(17)18)14-7-9-21(19,20)10-8-14/h3-6,12,14-15H,7-10H2,1-2H3,(H,17,18). The number of carbonyl (C=O) groups is 1. The first-order valence-electron chi connectivity index (χ1n) is 7.30. The van der Waals surface area contributed by atoms with Gasteiger partial charge in [-0.3, -0.25) is 4.79 Å². The Hall–Kier alpha value is -1.36. The molecule has 2 rings (SSSR count). The van der Waals surface area contributed by atoms with Gasteiger partial charge < -0.3 is 5.11 Å². The molecule has 116 valence electrons. The first kappa shape index (κ1) is 16.0. The molecule has 0 radical (unpaired) electrons. The molecular weight excluding hydrogens is 288 g/mol. The fourth-order valence-corrected chi connectivity index (χ4v) is 4.71. The number of carboxylic acid groups (broad SMARTS) is 1. The second kappa shape index (κ2) is 6.18. The fraction of sp³-hybridized carbons (Fsp3) is 0.562. The zero-order chi connectivity index (χ0) is 15.6. The van der Waals surface area contributed by atoms with Gasteiger partial charge in [0.25, 0.3) is 0 Å². The van der Waals surface area contributed by atoms with Crippen molar-refractivity contribution in [1.29, 1.82) is 0 Å². The van der Waals surface area contributed by atoms with Gasteiger partial charge in [0.2, 0.25) is 0 Å². The van der Waals surface area contributed by atoms with Gasteiger partial charge in [0.15, 0.2) is 0 Å². The highest BCUT2D eigenvalue weighted by Gasteiger charge is 2.36. The van der Waals surface area contributed by atoms with Gasteiger partial charge in [0.05, 0.1) is 17.4 Å². The summed E-state index contributed by atoms with van der Waals surface area (Å²) in [5.41, 5.74) is 2.13. The molecule has 0 amide bonds. The van der Waals surface area contributed by atoms with E-state index in [1.165, 1.54) is 0 Å². The Morgan fingerprint density at radius 3 is 2.19 bits per heavy atom. The van der Waals surface area contributed by atoms with Crippen molar-refractivity contribution in [3.05, 3.63) is 35.4 Å². The van der Waals surface area contributed by atoms with Gasteiger partial charge in [0, 0.05) is 0 Å². The van der Waals surface area contributed by atoms with Gasteiger partial charge in [-0.2, -0.15) is 0 Å². The lowest BCUT2D eigenvalue weighted by Crippen LogP contribution is -2.32. The fourth-order valence-electron chi connectivity index (χ4n) is 3.18. The SMILES string of the molecule is Cc1ccc(C(C2CCS(=O)(=O)CC2)C(C)C(=O)O)cc1. The Morgan fingerprint density at radius 2 is 1.71 bits per heavy atom. The molecule has 1 N–H and O–H groups in total. The molecule has 0 bridgehead atoms. The number of benzene rings is 1. The van der Waals surface area contributed by atoms with E-state index in [1.807, 2.05) is 31.2 Å². The summed E-state index contributed by atoms with van der Waals surface area (Å²) < 4.78 is 23.2. The maximum atomic E-state index is 11.6. The topological polar surface area (TPSA) is 71.4 Å². The van der Waals surface area contributed by atoms with E-state index in [4.69, 9.17) is 0 Å². The predicted octanol–water partition coefficient (Wildman–Crippen LogP) is 2.62. The molecule has 21 heavy (non-hydrogen) atoms. The average molecular weight is 310 g/mol. The smallest absolute Gasteiger partial charge is 0.306 e. The molecule has 4 nitrogen and oxygen atoms in total. The highest BCUT2D eigenvalue weighted by atomic mass is 32.2. The van der Waals surface area contributed by atoms with Crippen LogP contribution in [0.4, 0.5) is 0 Å². The second-order valence-electron chi connectivity index (χ2n) is 6.05. The minimum atomic E-state index is -2.93. The number of rotatable bonds is 4. The summed E-state index contributed by atoms with van der Waals surface area (Å²) in [6.07, 6.45) is 1.11. The molecule has 1 fully saturated rings. The van der Waals surface area contributed by atoms with Crippen LogP contribution in [0.2, 0.25) is 0 Å². The first-order valence-corrected chi connectivity index (χ1v) is 9.12. The maximum absolute atomic E-state index is 11.6. The molecule has 1 saturated heterocycles. The lowest BCUT2D eigenvalue weighted by atomic mass is 9.75. The number of hydrogen-bond donors (Lipinski definition) is 1. The Labute approximate surface area is 126 Å². The van der Waals surface area contributed by atoms with Crippen LogP contribution in [-0.2, 0) is 14.6 Å². The Bertz CT molecular complexity index is 590. The third-order valence-electron chi connectivity index (χ3n) is 4.50. The molecule has 5 heteroatoms. The van der Waals surface area contributed by atoms with E-state index < -0.39 is 21.7 Å². The van der Waals surface area contributed by atoms with Crippen molar-refractivity contribution in [2.75, 3.05) is 11.5 Å². The van der Waals surface area contributed by atoms with Crippen LogP contribution in [0.15, 0.2) is 24.3 Å². The molecule has 2 unspecified atom stereocenters. The van der Waals surface area contributed by atoms with Gasteiger partial charge in [-0.05, 0) is 37.2 Å². The highest BCUT2D eigenvalue weighted by Crippen LogP contribution is 2.39. The Kier molecular flexibility index (Phi) is 4.71. The summed E-state index contributed by atoms with van der Waals surface area (Å²) in [5, 5.41) is 9.38. The van der Waals surface area contributed by atoms with Crippen LogP contribution in [0.25, 0.3) is 0 Å². The summed E-state index contributed by atoms with van der Waals surface area (Å²) in [6.45, 7) is 3.71. The molecule has 1 aliphatic heterocycles. The van der Waals surface area contributed by atoms with Crippen molar-refractivity contribution in [1.82, 2.24) is 0 Å². The van der Waals surface area contributed by atoms with Crippen LogP contribution in [0.5, 0.6) is 0 Å². The molecule has 2 atom stereocenters. The molecule has 1 aromatic rings. The van der Waals surface area contributed by atoms with Gasteiger partial charge in [-0.1, -0.05) is 36.8 Å². The summed E-state index contributed by atoms with van der Waals surface area (Å²) in [7, 11) is -2.93. The van der Waals surface area contributed by atoms with Crippen molar-refractivity contribution in [2.45, 2.75) is 32.6 Å². The van der Waals surface area contributed by atoms with E-state index >= 15 is 0 Å². The molecule has 0 saturated carbocycles. The molecule has 0 aromatic heterocycles. The highest BCUT2D eigenvalue weighted by molar-refractivity contribution is 7.91. The largest absolute Gasteiger partial charge is 0.481 e. The lowest BCUT2D eigenvalue weighted by Gasteiger charge is -2.33. The van der Waals surface area contributed by atoms with Crippen LogP contribution < -0.4 is 0 Å². The average Bonchev–Trinajstić information content (AvgIpc) is 2.42. The summed E-state index contributed by atoms with van der Waals surface area (Å²) in [5.74, 6) is -1.01. The number of hydrogen-bond acceptors (Lipinski definition) is 3.